The Morgan fingerprint density at radius 2 is 2.12 bits per heavy atom. The predicted octanol–water partition coefficient (Wildman–Crippen LogP) is 3.35. The van der Waals surface area contributed by atoms with Crippen molar-refractivity contribution in [1.82, 2.24) is 15.3 Å². The highest BCUT2D eigenvalue weighted by Crippen LogP contribution is 2.39. The van der Waals surface area contributed by atoms with Gasteiger partial charge in [-0.3, -0.25) is 4.79 Å². The molecule has 1 aromatic heterocycles. The number of nitrogens with one attached hydrogen (secondary N) is 2. The van der Waals surface area contributed by atoms with Crippen LogP contribution in [-0.2, 0) is 5.60 Å². The minimum Gasteiger partial charge on any atom is -0.379 e. The lowest BCUT2D eigenvalue weighted by molar-refractivity contribution is 0.0294. The summed E-state index contributed by atoms with van der Waals surface area (Å²) in [5, 5.41) is 16.5. The van der Waals surface area contributed by atoms with Gasteiger partial charge in [0.25, 0.3) is 5.91 Å². The summed E-state index contributed by atoms with van der Waals surface area (Å²) < 4.78 is 0. The van der Waals surface area contributed by atoms with E-state index in [4.69, 9.17) is 0 Å². The number of hydrogen-bond acceptors (Lipinski definition) is 3. The maximum Gasteiger partial charge on any atom is 0.251 e. The Morgan fingerprint density at radius 1 is 1.31 bits per heavy atom. The van der Waals surface area contributed by atoms with Crippen molar-refractivity contribution in [2.24, 2.45) is 5.92 Å². The van der Waals surface area contributed by atoms with E-state index >= 15 is 0 Å². The molecule has 1 heterocycles. The summed E-state index contributed by atoms with van der Waals surface area (Å²) in [5.41, 5.74) is 0.817. The maximum atomic E-state index is 12.5. The Morgan fingerprint density at radius 3 is 2.77 bits per heavy atom. The number of amides is 1. The van der Waals surface area contributed by atoms with E-state index in [0.29, 0.717) is 17.3 Å². The molecule has 0 radical (unpaired) electrons. The Labute approximate surface area is 152 Å². The lowest BCUT2D eigenvalue weighted by atomic mass is 9.78. The third-order valence-corrected chi connectivity index (χ3v) is 5.21. The largest absolute Gasteiger partial charge is 0.379 e. The molecule has 1 saturated carbocycles. The topological polar surface area (TPSA) is 78.0 Å². The minimum absolute atomic E-state index is 0.0566. The first-order valence-corrected chi connectivity index (χ1v) is 9.05. The number of imidazole rings is 1. The van der Waals surface area contributed by atoms with Crippen LogP contribution in [0.25, 0.3) is 10.8 Å². The number of hydrogen-bond donors (Lipinski definition) is 3. The number of fused-ring (bicyclic) bond motifs is 1. The van der Waals surface area contributed by atoms with Gasteiger partial charge in [0.05, 0.1) is 18.2 Å². The Kier molecular flexibility index (Phi) is 4.04. The van der Waals surface area contributed by atoms with Gasteiger partial charge in [0.15, 0.2) is 0 Å². The van der Waals surface area contributed by atoms with Gasteiger partial charge >= 0.3 is 0 Å². The van der Waals surface area contributed by atoms with Crippen LogP contribution in [0.2, 0.25) is 0 Å². The maximum absolute atomic E-state index is 12.5. The molecule has 134 valence electrons. The van der Waals surface area contributed by atoms with Gasteiger partial charge in [0.1, 0.15) is 5.60 Å². The van der Waals surface area contributed by atoms with Gasteiger partial charge in [0.2, 0.25) is 0 Å². The highest BCUT2D eigenvalue weighted by molar-refractivity contribution is 5.99. The van der Waals surface area contributed by atoms with Crippen LogP contribution >= 0.6 is 0 Å². The molecule has 5 nitrogen and oxygen atoms in total. The smallest absolute Gasteiger partial charge is 0.251 e. The van der Waals surface area contributed by atoms with Crippen LogP contribution in [0.15, 0.2) is 48.9 Å². The van der Waals surface area contributed by atoms with Crippen LogP contribution in [0.5, 0.6) is 0 Å². The number of H-pyrrole nitrogens is 1. The molecule has 4 rings (SSSR count). The van der Waals surface area contributed by atoms with Gasteiger partial charge in [-0.1, -0.05) is 38.1 Å². The van der Waals surface area contributed by atoms with E-state index in [0.717, 1.165) is 29.2 Å². The molecule has 3 aromatic rings. The third-order valence-electron chi connectivity index (χ3n) is 5.21. The highest BCUT2D eigenvalue weighted by atomic mass is 16.3. The highest BCUT2D eigenvalue weighted by Gasteiger charge is 2.38. The SMILES string of the molecule is CC(C)[C@@](O)(c1cnc[nH]1)c1cccc2ccc(C(=O)NC3CC3)cc12. The molecular weight excluding hydrogens is 326 g/mol. The van der Waals surface area contributed by atoms with Crippen LogP contribution in [0.4, 0.5) is 0 Å². The first kappa shape index (κ1) is 16.8. The zero-order valence-corrected chi connectivity index (χ0v) is 15.0. The van der Waals surface area contributed by atoms with Gasteiger partial charge in [-0.25, -0.2) is 4.98 Å². The molecule has 26 heavy (non-hydrogen) atoms. The normalized spacial score (nSPS) is 16.6. The molecule has 0 saturated heterocycles. The second kappa shape index (κ2) is 6.25. The van der Waals surface area contributed by atoms with E-state index in [2.05, 4.69) is 15.3 Å². The van der Waals surface area contributed by atoms with Crippen LogP contribution < -0.4 is 5.32 Å². The molecule has 0 spiro atoms. The molecule has 1 amide bonds. The molecule has 0 aliphatic heterocycles. The van der Waals surface area contributed by atoms with Crippen molar-refractivity contribution in [2.75, 3.05) is 0 Å². The number of aliphatic hydroxyl groups is 1. The first-order chi connectivity index (χ1) is 12.5. The van der Waals surface area contributed by atoms with Gasteiger partial charge in [-0.15, -0.1) is 0 Å². The van der Waals surface area contributed by atoms with Crippen LogP contribution in [0.1, 0.15) is 48.3 Å². The summed E-state index contributed by atoms with van der Waals surface area (Å²) in [4.78, 5) is 19.6. The molecule has 1 aliphatic carbocycles. The summed E-state index contributed by atoms with van der Waals surface area (Å²) in [5.74, 6) is -0.142. The predicted molar refractivity (Wildman–Crippen MR) is 101 cm³/mol. The van der Waals surface area contributed by atoms with Crippen LogP contribution in [-0.4, -0.2) is 27.0 Å². The van der Waals surface area contributed by atoms with E-state index in [-0.39, 0.29) is 11.8 Å². The molecule has 1 aliphatic rings. The fourth-order valence-corrected chi connectivity index (χ4v) is 3.47. The van der Waals surface area contributed by atoms with Crippen molar-refractivity contribution in [1.29, 1.82) is 0 Å². The van der Waals surface area contributed by atoms with Crippen molar-refractivity contribution < 1.29 is 9.90 Å². The lowest BCUT2D eigenvalue weighted by Gasteiger charge is -2.32. The Balaban J connectivity index is 1.86. The number of carbonyl (C=O) groups is 1. The fourth-order valence-electron chi connectivity index (χ4n) is 3.47. The van der Waals surface area contributed by atoms with Crippen molar-refractivity contribution in [3.05, 3.63) is 65.7 Å². The first-order valence-electron chi connectivity index (χ1n) is 9.05. The zero-order chi connectivity index (χ0) is 18.3. The second-order valence-corrected chi connectivity index (χ2v) is 7.38. The number of carbonyl (C=O) groups excluding carboxylic acids is 1. The van der Waals surface area contributed by atoms with E-state index in [9.17, 15) is 9.90 Å². The summed E-state index contributed by atoms with van der Waals surface area (Å²) in [6, 6.07) is 11.8. The number of aromatic nitrogens is 2. The Hall–Kier alpha value is -2.66. The van der Waals surface area contributed by atoms with Gasteiger partial charge in [-0.05, 0) is 47.2 Å². The molecule has 2 aromatic carbocycles. The molecule has 1 fully saturated rings. The van der Waals surface area contributed by atoms with E-state index in [1.165, 1.54) is 0 Å². The summed E-state index contributed by atoms with van der Waals surface area (Å²) in [6.45, 7) is 3.95. The number of nitrogens with zero attached hydrogens (tertiary/aromatic N) is 1. The third kappa shape index (κ3) is 2.78. The standard InChI is InChI=1S/C21H23N3O2/c1-13(2)21(26,19-11-22-12-23-19)18-5-3-4-14-6-7-15(10-17(14)18)20(25)24-16-8-9-16/h3-7,10-13,16,26H,8-9H2,1-2H3,(H,22,23)(H,24,25)/t21-/m0/s1. The molecule has 0 bridgehead atoms. The Bertz CT molecular complexity index is 945. The molecule has 1 atom stereocenters. The second-order valence-electron chi connectivity index (χ2n) is 7.38. The number of benzene rings is 2. The van der Waals surface area contributed by atoms with Crippen LogP contribution in [0, 0.1) is 5.92 Å². The number of rotatable bonds is 5. The monoisotopic (exact) mass is 349 g/mol. The molecular formula is C21H23N3O2. The van der Waals surface area contributed by atoms with Crippen molar-refractivity contribution in [2.45, 2.75) is 38.3 Å². The molecule has 5 heteroatoms. The van der Waals surface area contributed by atoms with Crippen molar-refractivity contribution >= 4 is 16.7 Å². The van der Waals surface area contributed by atoms with Gasteiger partial charge < -0.3 is 15.4 Å². The summed E-state index contributed by atoms with van der Waals surface area (Å²) in [7, 11) is 0. The quantitative estimate of drug-likeness (QED) is 0.661. The summed E-state index contributed by atoms with van der Waals surface area (Å²) in [6.07, 6.45) is 5.33. The van der Waals surface area contributed by atoms with Gasteiger partial charge in [0, 0.05) is 11.6 Å². The average Bonchev–Trinajstić information content (AvgIpc) is 3.28. The number of aromatic amines is 1. The minimum atomic E-state index is -1.22. The fraction of sp³-hybridized carbons (Fsp3) is 0.333. The van der Waals surface area contributed by atoms with Crippen molar-refractivity contribution in [3.8, 4) is 0 Å². The molecule has 3 N–H and O–H groups in total. The van der Waals surface area contributed by atoms with Gasteiger partial charge in [-0.2, -0.15) is 0 Å². The zero-order valence-electron chi connectivity index (χ0n) is 15.0. The van der Waals surface area contributed by atoms with Crippen molar-refractivity contribution in [3.63, 3.8) is 0 Å². The van der Waals surface area contributed by atoms with E-state index in [1.54, 1.807) is 12.5 Å². The van der Waals surface area contributed by atoms with Crippen LogP contribution in [0.3, 0.4) is 0 Å². The van der Waals surface area contributed by atoms with E-state index in [1.807, 2.05) is 50.2 Å². The van der Waals surface area contributed by atoms with E-state index < -0.39 is 5.60 Å². The average molecular weight is 349 g/mol. The molecule has 0 unspecified atom stereocenters. The summed E-state index contributed by atoms with van der Waals surface area (Å²) >= 11 is 0. The lowest BCUT2D eigenvalue weighted by Crippen LogP contribution is -2.34.